The lowest BCUT2D eigenvalue weighted by Gasteiger charge is -1.95. The van der Waals surface area contributed by atoms with E-state index in [1.54, 1.807) is 41.0 Å². The number of aromatic nitrogens is 2. The fourth-order valence-electron chi connectivity index (χ4n) is 2.24. The van der Waals surface area contributed by atoms with Gasteiger partial charge in [-0.05, 0) is 48.5 Å². The van der Waals surface area contributed by atoms with E-state index in [4.69, 9.17) is 0 Å². The minimum Gasteiger partial charge on any atom is -0.255 e. The molecule has 0 unspecified atom stereocenters. The summed E-state index contributed by atoms with van der Waals surface area (Å²) in [5.74, 6) is -0.234. The van der Waals surface area contributed by atoms with E-state index in [0.717, 1.165) is 31.7 Å². The first kappa shape index (κ1) is 14.2. The van der Waals surface area contributed by atoms with Gasteiger partial charge in [-0.15, -0.1) is 22.7 Å². The number of benzene rings is 1. The van der Waals surface area contributed by atoms with Crippen molar-refractivity contribution in [3.05, 3.63) is 72.0 Å². The van der Waals surface area contributed by atoms with Crippen molar-refractivity contribution >= 4 is 22.7 Å². The quantitative estimate of drug-likeness (QED) is 0.476. The zero-order valence-electron chi connectivity index (χ0n) is 11.9. The Hall–Kier alpha value is -2.37. The first-order valence-electron chi connectivity index (χ1n) is 7.03. The van der Waals surface area contributed by atoms with Crippen molar-refractivity contribution < 1.29 is 4.39 Å². The molecule has 1 aromatic carbocycles. The Bertz CT molecular complexity index is 927. The molecule has 0 saturated heterocycles. The molecular formula is C18H11FN2S2. The molecule has 112 valence electrons. The molecule has 2 nitrogen and oxygen atoms in total. The van der Waals surface area contributed by atoms with Crippen LogP contribution in [0.3, 0.4) is 0 Å². The molecule has 4 aromatic rings. The van der Waals surface area contributed by atoms with E-state index < -0.39 is 0 Å². The maximum absolute atomic E-state index is 13.0. The summed E-state index contributed by atoms with van der Waals surface area (Å²) in [5, 5.41) is 2.97. The standard InChI is InChI=1S/C18H11FN2S2/c19-13-6-4-12(5-7-13)15-11-22-18(21-15)17-9-8-16(23-17)14-3-1-2-10-20-14/h1-11H. The number of hydrogen-bond acceptors (Lipinski definition) is 4. The molecular weight excluding hydrogens is 327 g/mol. The van der Waals surface area contributed by atoms with Crippen molar-refractivity contribution in [2.75, 3.05) is 0 Å². The minimum absolute atomic E-state index is 0.234. The summed E-state index contributed by atoms with van der Waals surface area (Å²) in [5.41, 5.74) is 2.77. The summed E-state index contributed by atoms with van der Waals surface area (Å²) in [6.07, 6.45) is 1.80. The van der Waals surface area contributed by atoms with Crippen LogP contribution < -0.4 is 0 Å². The third kappa shape index (κ3) is 2.93. The Morgan fingerprint density at radius 1 is 0.826 bits per heavy atom. The van der Waals surface area contributed by atoms with Crippen LogP contribution >= 0.6 is 22.7 Å². The highest BCUT2D eigenvalue weighted by atomic mass is 32.1. The summed E-state index contributed by atoms with van der Waals surface area (Å²) in [6, 6.07) is 16.5. The normalized spacial score (nSPS) is 10.8. The van der Waals surface area contributed by atoms with E-state index >= 15 is 0 Å². The molecule has 0 radical (unpaired) electrons. The van der Waals surface area contributed by atoms with Crippen LogP contribution in [0.25, 0.3) is 31.7 Å². The van der Waals surface area contributed by atoms with Gasteiger partial charge in [0.1, 0.15) is 10.8 Å². The number of pyridine rings is 1. The first-order valence-corrected chi connectivity index (χ1v) is 8.72. The molecule has 5 heteroatoms. The lowest BCUT2D eigenvalue weighted by atomic mass is 10.2. The zero-order valence-corrected chi connectivity index (χ0v) is 13.6. The van der Waals surface area contributed by atoms with Crippen LogP contribution in [0.2, 0.25) is 0 Å². The third-order valence-corrected chi connectivity index (χ3v) is 5.50. The van der Waals surface area contributed by atoms with E-state index in [0.29, 0.717) is 0 Å². The Morgan fingerprint density at radius 3 is 2.43 bits per heavy atom. The topological polar surface area (TPSA) is 25.8 Å². The van der Waals surface area contributed by atoms with Gasteiger partial charge in [0.25, 0.3) is 0 Å². The lowest BCUT2D eigenvalue weighted by molar-refractivity contribution is 0.628. The summed E-state index contributed by atoms with van der Waals surface area (Å²) in [4.78, 5) is 11.3. The second-order valence-corrected chi connectivity index (χ2v) is 6.87. The second-order valence-electron chi connectivity index (χ2n) is 4.92. The number of nitrogens with zero attached hydrogens (tertiary/aromatic N) is 2. The molecule has 3 heterocycles. The number of halogens is 1. The fraction of sp³-hybridized carbons (Fsp3) is 0. The van der Waals surface area contributed by atoms with Crippen molar-refractivity contribution in [2.45, 2.75) is 0 Å². The van der Waals surface area contributed by atoms with Crippen LogP contribution in [0.1, 0.15) is 0 Å². The van der Waals surface area contributed by atoms with Gasteiger partial charge in [-0.3, -0.25) is 4.98 Å². The molecule has 0 aliphatic carbocycles. The molecule has 0 aliphatic rings. The largest absolute Gasteiger partial charge is 0.255 e. The van der Waals surface area contributed by atoms with Gasteiger partial charge in [0.15, 0.2) is 0 Å². The minimum atomic E-state index is -0.234. The van der Waals surface area contributed by atoms with Gasteiger partial charge in [0.05, 0.1) is 21.1 Å². The monoisotopic (exact) mass is 338 g/mol. The van der Waals surface area contributed by atoms with E-state index in [2.05, 4.69) is 22.1 Å². The van der Waals surface area contributed by atoms with E-state index in [1.807, 2.05) is 23.6 Å². The van der Waals surface area contributed by atoms with Gasteiger partial charge in [0.2, 0.25) is 0 Å². The van der Waals surface area contributed by atoms with Crippen LogP contribution in [0.5, 0.6) is 0 Å². The smallest absolute Gasteiger partial charge is 0.134 e. The predicted molar refractivity (Wildman–Crippen MR) is 94.1 cm³/mol. The maximum Gasteiger partial charge on any atom is 0.134 e. The van der Waals surface area contributed by atoms with Crippen LogP contribution in [0.4, 0.5) is 4.39 Å². The average Bonchev–Trinajstić information content (AvgIpc) is 3.26. The molecule has 0 aliphatic heterocycles. The van der Waals surface area contributed by atoms with E-state index in [9.17, 15) is 4.39 Å². The molecule has 0 spiro atoms. The zero-order chi connectivity index (χ0) is 15.6. The van der Waals surface area contributed by atoms with Gasteiger partial charge in [-0.2, -0.15) is 0 Å². The number of thiazole rings is 1. The summed E-state index contributed by atoms with van der Waals surface area (Å²) in [7, 11) is 0. The summed E-state index contributed by atoms with van der Waals surface area (Å²) < 4.78 is 13.0. The Labute approximate surface area is 140 Å². The SMILES string of the molecule is Fc1ccc(-c2csc(-c3ccc(-c4ccccn4)s3)n2)cc1. The Morgan fingerprint density at radius 2 is 1.65 bits per heavy atom. The molecule has 0 N–H and O–H groups in total. The van der Waals surface area contributed by atoms with Crippen molar-refractivity contribution in [1.29, 1.82) is 0 Å². The van der Waals surface area contributed by atoms with Crippen molar-refractivity contribution in [1.82, 2.24) is 9.97 Å². The highest BCUT2D eigenvalue weighted by Gasteiger charge is 2.10. The average molecular weight is 338 g/mol. The van der Waals surface area contributed by atoms with Gasteiger partial charge < -0.3 is 0 Å². The summed E-state index contributed by atoms with van der Waals surface area (Å²) >= 11 is 3.27. The highest BCUT2D eigenvalue weighted by molar-refractivity contribution is 7.23. The highest BCUT2D eigenvalue weighted by Crippen LogP contribution is 2.36. The molecule has 0 fully saturated rings. The number of rotatable bonds is 3. The van der Waals surface area contributed by atoms with Crippen LogP contribution in [0, 0.1) is 5.82 Å². The lowest BCUT2D eigenvalue weighted by Crippen LogP contribution is -1.79. The number of hydrogen-bond donors (Lipinski definition) is 0. The van der Waals surface area contributed by atoms with Crippen molar-refractivity contribution in [3.8, 4) is 31.7 Å². The van der Waals surface area contributed by atoms with E-state index in [1.165, 1.54) is 12.1 Å². The Kier molecular flexibility index (Phi) is 3.73. The second kappa shape index (κ2) is 6.02. The molecule has 3 aromatic heterocycles. The molecule has 0 amide bonds. The van der Waals surface area contributed by atoms with Crippen LogP contribution in [-0.2, 0) is 0 Å². The van der Waals surface area contributed by atoms with Gasteiger partial charge >= 0.3 is 0 Å². The molecule has 23 heavy (non-hydrogen) atoms. The molecule has 0 atom stereocenters. The third-order valence-electron chi connectivity index (χ3n) is 3.38. The van der Waals surface area contributed by atoms with E-state index in [-0.39, 0.29) is 5.82 Å². The maximum atomic E-state index is 13.0. The summed E-state index contributed by atoms with van der Waals surface area (Å²) in [6.45, 7) is 0. The first-order chi connectivity index (χ1) is 11.3. The van der Waals surface area contributed by atoms with Gasteiger partial charge in [-0.25, -0.2) is 9.37 Å². The molecule has 0 bridgehead atoms. The predicted octanol–water partition coefficient (Wildman–Crippen LogP) is 5.74. The molecule has 4 rings (SSSR count). The van der Waals surface area contributed by atoms with Gasteiger partial charge in [-0.1, -0.05) is 6.07 Å². The van der Waals surface area contributed by atoms with Crippen LogP contribution in [0.15, 0.2) is 66.2 Å². The van der Waals surface area contributed by atoms with Crippen molar-refractivity contribution in [2.24, 2.45) is 0 Å². The number of thiophene rings is 1. The molecule has 0 saturated carbocycles. The fourth-order valence-corrected chi connectivity index (χ4v) is 4.12. The Balaban J connectivity index is 1.65. The van der Waals surface area contributed by atoms with Crippen molar-refractivity contribution in [3.63, 3.8) is 0 Å². The van der Waals surface area contributed by atoms with Gasteiger partial charge in [0, 0.05) is 17.1 Å². The van der Waals surface area contributed by atoms with Crippen LogP contribution in [-0.4, -0.2) is 9.97 Å².